The number of anilines is 1. The maximum absolute atomic E-state index is 13.8. The van der Waals surface area contributed by atoms with Crippen molar-refractivity contribution < 1.29 is 13.5 Å². The first kappa shape index (κ1) is 12.6. The molecule has 2 rings (SSSR count). The first-order chi connectivity index (χ1) is 8.45. The average molecular weight is 274 g/mol. The van der Waals surface area contributed by atoms with Crippen molar-refractivity contribution in [3.8, 4) is 17.0 Å². The Morgan fingerprint density at radius 3 is 2.56 bits per heavy atom. The van der Waals surface area contributed by atoms with E-state index >= 15 is 0 Å². The number of rotatable bonds is 2. The Hall–Kier alpha value is -1.82. The van der Waals surface area contributed by atoms with Gasteiger partial charge in [0.1, 0.15) is 16.7 Å². The van der Waals surface area contributed by atoms with Crippen molar-refractivity contribution in [3.63, 3.8) is 0 Å². The Morgan fingerprint density at radius 1 is 1.39 bits per heavy atom. The van der Waals surface area contributed by atoms with Crippen LogP contribution in [0.1, 0.15) is 0 Å². The minimum atomic E-state index is -0.960. The molecular formula is C11H10ClF2N3O. The average Bonchev–Trinajstić information content (AvgIpc) is 2.66. The monoisotopic (exact) mass is 273 g/mol. The standard InChI is InChI=1S/C11H10ClF2N3O/c1-17-8(15)4-7(16-17)5-3-6(13)9(12)10(14)11(5)18-2/h3-4H,15H2,1-2H3. The Kier molecular flexibility index (Phi) is 3.13. The zero-order chi connectivity index (χ0) is 13.4. The number of nitrogens with zero attached hydrogens (tertiary/aromatic N) is 2. The Labute approximate surface area is 107 Å². The molecule has 0 fully saturated rings. The second kappa shape index (κ2) is 4.45. The molecule has 0 atom stereocenters. The third-order valence-corrected chi connectivity index (χ3v) is 2.86. The SMILES string of the molecule is COc1c(-c2cc(N)n(C)n2)cc(F)c(Cl)c1F. The lowest BCUT2D eigenvalue weighted by Gasteiger charge is -2.09. The van der Waals surface area contributed by atoms with Crippen LogP contribution >= 0.6 is 11.6 Å². The van der Waals surface area contributed by atoms with Gasteiger partial charge >= 0.3 is 0 Å². The van der Waals surface area contributed by atoms with Crippen molar-refractivity contribution in [1.29, 1.82) is 0 Å². The lowest BCUT2D eigenvalue weighted by Crippen LogP contribution is -1.98. The van der Waals surface area contributed by atoms with Crippen LogP contribution in [-0.2, 0) is 7.05 Å². The van der Waals surface area contributed by atoms with Crippen LogP contribution in [-0.4, -0.2) is 16.9 Å². The van der Waals surface area contributed by atoms with Crippen LogP contribution in [0.4, 0.5) is 14.6 Å². The second-order valence-corrected chi connectivity index (χ2v) is 4.02. The molecule has 0 spiro atoms. The molecule has 1 aromatic heterocycles. The van der Waals surface area contributed by atoms with Crippen molar-refractivity contribution in [2.75, 3.05) is 12.8 Å². The molecule has 2 N–H and O–H groups in total. The van der Waals surface area contributed by atoms with Gasteiger partial charge in [-0.1, -0.05) is 11.6 Å². The van der Waals surface area contributed by atoms with Gasteiger partial charge in [0.2, 0.25) is 0 Å². The number of nitrogen functional groups attached to an aromatic ring is 1. The number of nitrogens with two attached hydrogens (primary N) is 1. The number of hydrogen-bond donors (Lipinski definition) is 1. The van der Waals surface area contributed by atoms with Gasteiger partial charge in [-0.3, -0.25) is 4.68 Å². The van der Waals surface area contributed by atoms with Gasteiger partial charge in [0.25, 0.3) is 0 Å². The predicted molar refractivity (Wildman–Crippen MR) is 64.5 cm³/mol. The molecule has 0 aliphatic carbocycles. The molecule has 1 heterocycles. The van der Waals surface area contributed by atoms with Crippen LogP contribution in [0.5, 0.6) is 5.75 Å². The number of aromatic nitrogens is 2. The number of methoxy groups -OCH3 is 1. The highest BCUT2D eigenvalue weighted by Crippen LogP contribution is 2.37. The molecule has 1 aromatic carbocycles. The fraction of sp³-hybridized carbons (Fsp3) is 0.182. The summed E-state index contributed by atoms with van der Waals surface area (Å²) < 4.78 is 33.5. The maximum atomic E-state index is 13.8. The van der Waals surface area contributed by atoms with Gasteiger partial charge in [0.05, 0.1) is 18.4 Å². The number of halogens is 3. The highest BCUT2D eigenvalue weighted by molar-refractivity contribution is 6.31. The topological polar surface area (TPSA) is 53.1 Å². The van der Waals surface area contributed by atoms with E-state index in [1.165, 1.54) is 17.9 Å². The fourth-order valence-electron chi connectivity index (χ4n) is 1.58. The Bertz CT molecular complexity index is 593. The van der Waals surface area contributed by atoms with Crippen molar-refractivity contribution in [2.24, 2.45) is 7.05 Å². The maximum Gasteiger partial charge on any atom is 0.187 e. The third kappa shape index (κ3) is 1.88. The molecule has 0 saturated carbocycles. The van der Waals surface area contributed by atoms with Gasteiger partial charge in [-0.25, -0.2) is 8.78 Å². The molecule has 18 heavy (non-hydrogen) atoms. The smallest absolute Gasteiger partial charge is 0.187 e. The van der Waals surface area contributed by atoms with Crippen LogP contribution in [0, 0.1) is 11.6 Å². The predicted octanol–water partition coefficient (Wildman–Crippen LogP) is 2.61. The summed E-state index contributed by atoms with van der Waals surface area (Å²) >= 11 is 5.48. The molecule has 2 aromatic rings. The highest BCUT2D eigenvalue weighted by Gasteiger charge is 2.20. The molecule has 0 bridgehead atoms. The summed E-state index contributed by atoms with van der Waals surface area (Å²) in [6.45, 7) is 0. The van der Waals surface area contributed by atoms with Crippen molar-refractivity contribution in [1.82, 2.24) is 9.78 Å². The molecule has 0 saturated heterocycles. The van der Waals surface area contributed by atoms with Crippen LogP contribution in [0.2, 0.25) is 5.02 Å². The molecular weight excluding hydrogens is 264 g/mol. The van der Waals surface area contributed by atoms with Gasteiger partial charge < -0.3 is 10.5 Å². The summed E-state index contributed by atoms with van der Waals surface area (Å²) in [4.78, 5) is 0. The second-order valence-electron chi connectivity index (χ2n) is 3.65. The van der Waals surface area contributed by atoms with E-state index in [1.807, 2.05) is 0 Å². The molecule has 0 unspecified atom stereocenters. The largest absolute Gasteiger partial charge is 0.493 e. The summed E-state index contributed by atoms with van der Waals surface area (Å²) in [6, 6.07) is 2.55. The van der Waals surface area contributed by atoms with Crippen molar-refractivity contribution in [2.45, 2.75) is 0 Å². The van der Waals surface area contributed by atoms with E-state index < -0.39 is 16.7 Å². The minimum absolute atomic E-state index is 0.157. The van der Waals surface area contributed by atoms with Gasteiger partial charge in [-0.2, -0.15) is 5.10 Å². The lowest BCUT2D eigenvalue weighted by atomic mass is 10.1. The number of benzene rings is 1. The highest BCUT2D eigenvalue weighted by atomic mass is 35.5. The van der Waals surface area contributed by atoms with Gasteiger partial charge in [0, 0.05) is 13.1 Å². The van der Waals surface area contributed by atoms with Crippen molar-refractivity contribution in [3.05, 3.63) is 28.8 Å². The zero-order valence-electron chi connectivity index (χ0n) is 9.67. The third-order valence-electron chi connectivity index (χ3n) is 2.51. The van der Waals surface area contributed by atoms with E-state index in [9.17, 15) is 8.78 Å². The molecule has 7 heteroatoms. The molecule has 4 nitrogen and oxygen atoms in total. The van der Waals surface area contributed by atoms with Crippen LogP contribution in [0.3, 0.4) is 0 Å². The van der Waals surface area contributed by atoms with E-state index in [1.54, 1.807) is 7.05 Å². The molecule has 0 amide bonds. The van der Waals surface area contributed by atoms with E-state index in [4.69, 9.17) is 22.1 Å². The molecule has 0 aliphatic rings. The summed E-state index contributed by atoms with van der Waals surface area (Å²) in [6.07, 6.45) is 0. The van der Waals surface area contributed by atoms with Crippen LogP contribution < -0.4 is 10.5 Å². The zero-order valence-corrected chi connectivity index (χ0v) is 10.4. The van der Waals surface area contributed by atoms with Gasteiger partial charge in [-0.15, -0.1) is 0 Å². The van der Waals surface area contributed by atoms with Crippen LogP contribution in [0.15, 0.2) is 12.1 Å². The first-order valence-corrected chi connectivity index (χ1v) is 5.35. The van der Waals surface area contributed by atoms with E-state index in [0.29, 0.717) is 11.5 Å². The summed E-state index contributed by atoms with van der Waals surface area (Å²) in [5.41, 5.74) is 6.09. The number of hydrogen-bond acceptors (Lipinski definition) is 3. The van der Waals surface area contributed by atoms with Gasteiger partial charge in [0.15, 0.2) is 11.6 Å². The lowest BCUT2D eigenvalue weighted by molar-refractivity contribution is 0.386. The van der Waals surface area contributed by atoms with Crippen molar-refractivity contribution >= 4 is 17.4 Å². The molecule has 96 valence electrons. The quantitative estimate of drug-likeness (QED) is 0.856. The normalized spacial score (nSPS) is 10.7. The molecule has 0 radical (unpaired) electrons. The number of ether oxygens (including phenoxy) is 1. The molecule has 0 aliphatic heterocycles. The van der Waals surface area contributed by atoms with E-state index in [2.05, 4.69) is 5.10 Å². The fourth-order valence-corrected chi connectivity index (χ4v) is 1.72. The summed E-state index contributed by atoms with van der Waals surface area (Å²) in [5, 5.41) is 3.42. The minimum Gasteiger partial charge on any atom is -0.493 e. The van der Waals surface area contributed by atoms with Gasteiger partial charge in [-0.05, 0) is 6.07 Å². The first-order valence-electron chi connectivity index (χ1n) is 4.97. The van der Waals surface area contributed by atoms with Crippen LogP contribution in [0.25, 0.3) is 11.3 Å². The Balaban J connectivity index is 2.70. The van der Waals surface area contributed by atoms with E-state index in [0.717, 1.165) is 6.07 Å². The summed E-state index contributed by atoms with van der Waals surface area (Å²) in [7, 11) is 2.89. The van der Waals surface area contributed by atoms with E-state index in [-0.39, 0.29) is 11.3 Å². The summed E-state index contributed by atoms with van der Waals surface area (Å²) in [5.74, 6) is -1.64. The number of aryl methyl sites for hydroxylation is 1. The Morgan fingerprint density at radius 2 is 2.06 bits per heavy atom.